The number of sulfonamides is 1. The van der Waals surface area contributed by atoms with Gasteiger partial charge < -0.3 is 14.5 Å². The molecule has 0 saturated carbocycles. The Morgan fingerprint density at radius 1 is 1.06 bits per heavy atom. The number of furan rings is 1. The highest BCUT2D eigenvalue weighted by atomic mass is 32.2. The molecule has 0 fully saturated rings. The van der Waals surface area contributed by atoms with Crippen LogP contribution in [-0.2, 0) is 26.1 Å². The molecule has 0 aliphatic carbocycles. The normalized spacial score (nSPS) is 11.2. The van der Waals surface area contributed by atoms with E-state index in [0.717, 1.165) is 4.90 Å². The molecule has 0 saturated heterocycles. The molecule has 3 aromatic rings. The molecule has 33 heavy (non-hydrogen) atoms. The van der Waals surface area contributed by atoms with Crippen LogP contribution in [-0.4, -0.2) is 39.2 Å². The standard InChI is InChI=1S/C23H24N2O6S2/c1-17-7-9-20(10-8-17)32-13-11-24-22(26)16-31-23(27)18-4-2-6-21(14-18)33(28,29)25-15-19-5-3-12-30-19/h2-10,12,14,25H,11,13,15-16H2,1H3,(H,24,26). The summed E-state index contributed by atoms with van der Waals surface area (Å²) >= 11 is 1.61. The Labute approximate surface area is 196 Å². The van der Waals surface area contributed by atoms with Crippen molar-refractivity contribution in [2.45, 2.75) is 23.3 Å². The van der Waals surface area contributed by atoms with E-state index in [2.05, 4.69) is 10.0 Å². The minimum atomic E-state index is -3.86. The first-order valence-corrected chi connectivity index (χ1v) is 12.6. The molecular formula is C23H24N2O6S2. The zero-order valence-corrected chi connectivity index (χ0v) is 19.6. The highest BCUT2D eigenvalue weighted by molar-refractivity contribution is 7.99. The van der Waals surface area contributed by atoms with Crippen molar-refractivity contribution in [1.82, 2.24) is 10.0 Å². The van der Waals surface area contributed by atoms with Crippen molar-refractivity contribution in [2.24, 2.45) is 0 Å². The van der Waals surface area contributed by atoms with E-state index in [4.69, 9.17) is 9.15 Å². The van der Waals surface area contributed by atoms with Gasteiger partial charge in [-0.15, -0.1) is 11.8 Å². The van der Waals surface area contributed by atoms with E-state index in [0.29, 0.717) is 18.1 Å². The topological polar surface area (TPSA) is 115 Å². The Bertz CT molecular complexity index is 1180. The third-order valence-electron chi connectivity index (χ3n) is 4.44. The number of ether oxygens (including phenoxy) is 1. The second-order valence-electron chi connectivity index (χ2n) is 7.02. The second kappa shape index (κ2) is 11.7. The van der Waals surface area contributed by atoms with Crippen molar-refractivity contribution in [1.29, 1.82) is 0 Å². The minimum absolute atomic E-state index is 0.0215. The Balaban J connectivity index is 1.44. The maximum absolute atomic E-state index is 12.5. The number of carbonyl (C=O) groups excluding carboxylic acids is 2. The highest BCUT2D eigenvalue weighted by Gasteiger charge is 2.18. The Morgan fingerprint density at radius 2 is 1.85 bits per heavy atom. The first kappa shape index (κ1) is 24.6. The Hall–Kier alpha value is -3.08. The van der Waals surface area contributed by atoms with E-state index in [1.54, 1.807) is 23.9 Å². The predicted molar refractivity (Wildman–Crippen MR) is 124 cm³/mol. The molecule has 0 aliphatic heterocycles. The summed E-state index contributed by atoms with van der Waals surface area (Å²) in [6, 6.07) is 16.8. The quantitative estimate of drug-likeness (QED) is 0.242. The molecule has 0 aliphatic rings. The van der Waals surface area contributed by atoms with Gasteiger partial charge in [-0.05, 0) is 49.4 Å². The van der Waals surface area contributed by atoms with E-state index in [1.165, 1.54) is 36.1 Å². The summed E-state index contributed by atoms with van der Waals surface area (Å²) < 4.78 is 37.4. The monoisotopic (exact) mass is 488 g/mol. The van der Waals surface area contributed by atoms with E-state index in [-0.39, 0.29) is 17.0 Å². The third kappa shape index (κ3) is 7.77. The van der Waals surface area contributed by atoms with Gasteiger partial charge >= 0.3 is 5.97 Å². The van der Waals surface area contributed by atoms with Crippen molar-refractivity contribution in [3.05, 3.63) is 83.8 Å². The van der Waals surface area contributed by atoms with Crippen molar-refractivity contribution < 1.29 is 27.2 Å². The van der Waals surface area contributed by atoms with Crippen LogP contribution in [0.2, 0.25) is 0 Å². The summed E-state index contributed by atoms with van der Waals surface area (Å²) in [6.07, 6.45) is 1.44. The van der Waals surface area contributed by atoms with Crippen molar-refractivity contribution in [2.75, 3.05) is 18.9 Å². The van der Waals surface area contributed by atoms with E-state index < -0.39 is 28.5 Å². The molecule has 8 nitrogen and oxygen atoms in total. The van der Waals surface area contributed by atoms with E-state index >= 15 is 0 Å². The largest absolute Gasteiger partial charge is 0.468 e. The van der Waals surface area contributed by atoms with Crippen LogP contribution in [0.15, 0.2) is 81.1 Å². The number of aryl methyl sites for hydroxylation is 1. The molecule has 10 heteroatoms. The van der Waals surface area contributed by atoms with Gasteiger partial charge in [0, 0.05) is 17.2 Å². The first-order valence-electron chi connectivity index (χ1n) is 10.1. The van der Waals surface area contributed by atoms with Gasteiger partial charge in [0.2, 0.25) is 10.0 Å². The number of carbonyl (C=O) groups is 2. The van der Waals surface area contributed by atoms with Crippen LogP contribution in [0.3, 0.4) is 0 Å². The molecule has 0 atom stereocenters. The summed E-state index contributed by atoms with van der Waals surface area (Å²) in [7, 11) is -3.86. The molecule has 1 amide bonds. The Morgan fingerprint density at radius 3 is 2.58 bits per heavy atom. The summed E-state index contributed by atoms with van der Waals surface area (Å²) in [6.45, 7) is 1.96. The van der Waals surface area contributed by atoms with Gasteiger partial charge in [-0.2, -0.15) is 0 Å². The van der Waals surface area contributed by atoms with Gasteiger partial charge in [-0.3, -0.25) is 4.79 Å². The number of hydrogen-bond donors (Lipinski definition) is 2. The molecule has 0 radical (unpaired) electrons. The number of nitrogens with one attached hydrogen (secondary N) is 2. The van der Waals surface area contributed by atoms with E-state index in [1.807, 2.05) is 31.2 Å². The number of rotatable bonds is 11. The van der Waals surface area contributed by atoms with Gasteiger partial charge in [0.1, 0.15) is 5.76 Å². The minimum Gasteiger partial charge on any atom is -0.468 e. The number of hydrogen-bond acceptors (Lipinski definition) is 7. The lowest BCUT2D eigenvalue weighted by atomic mass is 10.2. The molecule has 0 spiro atoms. The predicted octanol–water partition coefficient (Wildman–Crippen LogP) is 3.13. The molecular weight excluding hydrogens is 464 g/mol. The highest BCUT2D eigenvalue weighted by Crippen LogP contribution is 2.17. The SMILES string of the molecule is Cc1ccc(SCCNC(=O)COC(=O)c2cccc(S(=O)(=O)NCc3ccco3)c2)cc1. The van der Waals surface area contributed by atoms with Crippen molar-refractivity contribution in [3.8, 4) is 0 Å². The molecule has 0 unspecified atom stereocenters. The van der Waals surface area contributed by atoms with Gasteiger partial charge in [0.25, 0.3) is 5.91 Å². The molecule has 2 N–H and O–H groups in total. The maximum Gasteiger partial charge on any atom is 0.338 e. The lowest BCUT2D eigenvalue weighted by Crippen LogP contribution is -2.30. The number of esters is 1. The molecule has 174 valence electrons. The van der Waals surface area contributed by atoms with Crippen LogP contribution in [0.4, 0.5) is 0 Å². The van der Waals surface area contributed by atoms with Crippen molar-refractivity contribution in [3.63, 3.8) is 0 Å². The van der Waals surface area contributed by atoms with Gasteiger partial charge in [0.15, 0.2) is 6.61 Å². The third-order valence-corrected chi connectivity index (χ3v) is 6.86. The first-order chi connectivity index (χ1) is 15.8. The smallest absolute Gasteiger partial charge is 0.338 e. The maximum atomic E-state index is 12.5. The number of thioether (sulfide) groups is 1. The average molecular weight is 489 g/mol. The summed E-state index contributed by atoms with van der Waals surface area (Å²) in [5, 5.41) is 2.69. The summed E-state index contributed by atoms with van der Waals surface area (Å²) in [5.41, 5.74) is 1.21. The molecule has 1 heterocycles. The van der Waals surface area contributed by atoms with Crippen LogP contribution in [0, 0.1) is 6.92 Å². The van der Waals surface area contributed by atoms with Gasteiger partial charge in [-0.25, -0.2) is 17.9 Å². The van der Waals surface area contributed by atoms with Crippen LogP contribution in [0.25, 0.3) is 0 Å². The van der Waals surface area contributed by atoms with Gasteiger partial charge in [0.05, 0.1) is 23.3 Å². The number of benzene rings is 2. The Kier molecular flexibility index (Phi) is 8.70. The lowest BCUT2D eigenvalue weighted by molar-refractivity contribution is -0.124. The molecule has 3 rings (SSSR count). The van der Waals surface area contributed by atoms with Crippen LogP contribution in [0.1, 0.15) is 21.7 Å². The summed E-state index contributed by atoms with van der Waals surface area (Å²) in [4.78, 5) is 25.2. The molecule has 0 bridgehead atoms. The van der Waals surface area contributed by atoms with Crippen molar-refractivity contribution >= 4 is 33.7 Å². The number of amides is 1. The van der Waals surface area contributed by atoms with E-state index in [9.17, 15) is 18.0 Å². The van der Waals surface area contributed by atoms with Crippen LogP contribution in [0.5, 0.6) is 0 Å². The fourth-order valence-electron chi connectivity index (χ4n) is 2.71. The average Bonchev–Trinajstić information content (AvgIpc) is 3.34. The summed E-state index contributed by atoms with van der Waals surface area (Å²) in [5.74, 6) is -0.0929. The fraction of sp³-hybridized carbons (Fsp3) is 0.217. The lowest BCUT2D eigenvalue weighted by Gasteiger charge is -2.09. The van der Waals surface area contributed by atoms with Gasteiger partial charge in [-0.1, -0.05) is 23.8 Å². The molecule has 1 aromatic heterocycles. The fourth-order valence-corrected chi connectivity index (χ4v) is 4.52. The zero-order valence-electron chi connectivity index (χ0n) is 17.9. The van der Waals surface area contributed by atoms with Crippen LogP contribution >= 0.6 is 11.8 Å². The van der Waals surface area contributed by atoms with Crippen LogP contribution < -0.4 is 10.0 Å². The zero-order chi connectivity index (χ0) is 23.7. The second-order valence-corrected chi connectivity index (χ2v) is 9.95. The molecule has 2 aromatic carbocycles.